The first-order valence-corrected chi connectivity index (χ1v) is 6.27. The molecule has 0 heterocycles. The summed E-state index contributed by atoms with van der Waals surface area (Å²) in [5, 5.41) is 2.95. The van der Waals surface area contributed by atoms with Crippen LogP contribution in [0.25, 0.3) is 0 Å². The van der Waals surface area contributed by atoms with E-state index in [1.807, 2.05) is 52.9 Å². The third-order valence-electron chi connectivity index (χ3n) is 2.40. The second kappa shape index (κ2) is 5.34. The number of benzene rings is 2. The zero-order valence-corrected chi connectivity index (χ0v) is 11.4. The van der Waals surface area contributed by atoms with Gasteiger partial charge < -0.3 is 11.1 Å². The number of hydrogen-bond donors (Lipinski definition) is 2. The smallest absolute Gasteiger partial charge is 0.251 e. The van der Waals surface area contributed by atoms with E-state index in [0.717, 1.165) is 5.69 Å². The first-order chi connectivity index (χ1) is 8.59. The van der Waals surface area contributed by atoms with Gasteiger partial charge in [0.1, 0.15) is 0 Å². The monoisotopic (exact) mass is 356 g/mol. The van der Waals surface area contributed by atoms with Crippen LogP contribution in [0.4, 0.5) is 15.8 Å². The molecule has 0 aliphatic carbocycles. The van der Waals surface area contributed by atoms with Gasteiger partial charge in [0.2, 0.25) is 0 Å². The molecule has 2 aromatic rings. The third kappa shape index (κ3) is 2.61. The maximum Gasteiger partial charge on any atom is 0.251 e. The highest BCUT2D eigenvalue weighted by atomic mass is 127. The van der Waals surface area contributed by atoms with E-state index in [2.05, 4.69) is 5.32 Å². The van der Waals surface area contributed by atoms with Gasteiger partial charge in [0.25, 0.3) is 5.91 Å². The lowest BCUT2D eigenvalue weighted by Crippen LogP contribution is -2.14. The summed E-state index contributed by atoms with van der Waals surface area (Å²) in [6.45, 7) is 0. The van der Waals surface area contributed by atoms with E-state index < -0.39 is 11.7 Å². The first-order valence-electron chi connectivity index (χ1n) is 5.19. The van der Waals surface area contributed by atoms with Crippen molar-refractivity contribution in [1.29, 1.82) is 0 Å². The lowest BCUT2D eigenvalue weighted by molar-refractivity contribution is 0.0996. The van der Waals surface area contributed by atoms with Crippen LogP contribution in [0.2, 0.25) is 0 Å². The SMILES string of the molecule is NC(=O)c1ccc(I)c(Nc2ccccc2)c1F. The van der Waals surface area contributed by atoms with Crippen molar-refractivity contribution >= 4 is 39.9 Å². The fraction of sp³-hybridized carbons (Fsp3) is 0. The molecule has 0 bridgehead atoms. The lowest BCUT2D eigenvalue weighted by atomic mass is 10.1. The minimum absolute atomic E-state index is 0.117. The Hall–Kier alpha value is -1.63. The summed E-state index contributed by atoms with van der Waals surface area (Å²) in [5.41, 5.74) is 6.01. The molecule has 0 spiro atoms. The van der Waals surface area contributed by atoms with Gasteiger partial charge in [-0.2, -0.15) is 0 Å². The van der Waals surface area contributed by atoms with Crippen LogP contribution in [0.3, 0.4) is 0 Å². The Balaban J connectivity index is 2.44. The largest absolute Gasteiger partial charge is 0.366 e. The van der Waals surface area contributed by atoms with E-state index in [4.69, 9.17) is 5.73 Å². The average molecular weight is 356 g/mol. The molecule has 0 radical (unpaired) electrons. The number of hydrogen-bond acceptors (Lipinski definition) is 2. The first kappa shape index (κ1) is 12.8. The maximum atomic E-state index is 14.1. The molecule has 0 aliphatic rings. The molecule has 1 amide bonds. The second-order valence-electron chi connectivity index (χ2n) is 3.64. The van der Waals surface area contributed by atoms with E-state index in [1.54, 1.807) is 6.07 Å². The summed E-state index contributed by atoms with van der Waals surface area (Å²) in [6, 6.07) is 12.2. The van der Waals surface area contributed by atoms with Gasteiger partial charge in [-0.1, -0.05) is 18.2 Å². The van der Waals surface area contributed by atoms with E-state index in [0.29, 0.717) is 3.57 Å². The van der Waals surface area contributed by atoms with E-state index in [-0.39, 0.29) is 11.3 Å². The molecule has 0 unspecified atom stereocenters. The van der Waals surface area contributed by atoms with Crippen molar-refractivity contribution in [2.75, 3.05) is 5.32 Å². The molecule has 0 atom stereocenters. The van der Waals surface area contributed by atoms with E-state index in [9.17, 15) is 9.18 Å². The molecule has 0 saturated heterocycles. The minimum Gasteiger partial charge on any atom is -0.366 e. The topological polar surface area (TPSA) is 55.1 Å². The Morgan fingerprint density at radius 3 is 2.44 bits per heavy atom. The molecular formula is C13H10FIN2O. The Kier molecular flexibility index (Phi) is 3.81. The van der Waals surface area contributed by atoms with Crippen molar-refractivity contribution in [2.24, 2.45) is 5.73 Å². The lowest BCUT2D eigenvalue weighted by Gasteiger charge is -2.11. The number of nitrogens with two attached hydrogens (primary N) is 1. The van der Waals surface area contributed by atoms with E-state index in [1.165, 1.54) is 6.07 Å². The normalized spacial score (nSPS) is 10.1. The van der Waals surface area contributed by atoms with Crippen LogP contribution in [-0.2, 0) is 0 Å². The summed E-state index contributed by atoms with van der Waals surface area (Å²) in [6.07, 6.45) is 0. The molecule has 0 aromatic heterocycles. The predicted octanol–water partition coefficient (Wildman–Crippen LogP) is 3.27. The second-order valence-corrected chi connectivity index (χ2v) is 4.80. The number of halogens is 2. The summed E-state index contributed by atoms with van der Waals surface area (Å²) >= 11 is 2.00. The molecule has 2 rings (SSSR count). The highest BCUT2D eigenvalue weighted by molar-refractivity contribution is 14.1. The van der Waals surface area contributed by atoms with Crippen molar-refractivity contribution in [3.63, 3.8) is 0 Å². The van der Waals surface area contributed by atoms with Gasteiger partial charge in [0.05, 0.1) is 11.3 Å². The van der Waals surface area contributed by atoms with Crippen LogP contribution < -0.4 is 11.1 Å². The Bertz CT molecular complexity index is 587. The van der Waals surface area contributed by atoms with Gasteiger partial charge in [0.15, 0.2) is 5.82 Å². The van der Waals surface area contributed by atoms with Gasteiger partial charge >= 0.3 is 0 Å². The molecule has 3 nitrogen and oxygen atoms in total. The molecule has 3 N–H and O–H groups in total. The minimum atomic E-state index is -0.778. The Morgan fingerprint density at radius 1 is 1.17 bits per heavy atom. The number of para-hydroxylation sites is 1. The molecule has 0 aliphatic heterocycles. The molecule has 0 saturated carbocycles. The van der Waals surface area contributed by atoms with Gasteiger partial charge in [-0.05, 0) is 46.9 Å². The van der Waals surface area contributed by atoms with Crippen molar-refractivity contribution in [3.8, 4) is 0 Å². The Labute approximate surface area is 117 Å². The van der Waals surface area contributed by atoms with Gasteiger partial charge in [-0.3, -0.25) is 4.79 Å². The molecule has 2 aromatic carbocycles. The number of primary amides is 1. The summed E-state index contributed by atoms with van der Waals surface area (Å²) in [4.78, 5) is 11.1. The maximum absolute atomic E-state index is 14.1. The number of anilines is 2. The van der Waals surface area contributed by atoms with Crippen molar-refractivity contribution in [2.45, 2.75) is 0 Å². The van der Waals surface area contributed by atoms with Crippen molar-refractivity contribution in [3.05, 3.63) is 57.4 Å². The predicted molar refractivity (Wildman–Crippen MR) is 77.4 cm³/mol. The zero-order chi connectivity index (χ0) is 13.1. The number of amides is 1. The summed E-state index contributed by atoms with van der Waals surface area (Å²) in [7, 11) is 0. The third-order valence-corrected chi connectivity index (χ3v) is 3.30. The van der Waals surface area contributed by atoms with Crippen LogP contribution >= 0.6 is 22.6 Å². The summed E-state index contributed by atoms with van der Waals surface area (Å²) in [5.74, 6) is -1.40. The van der Waals surface area contributed by atoms with Crippen LogP contribution in [-0.4, -0.2) is 5.91 Å². The molecule has 0 fully saturated rings. The molecule has 18 heavy (non-hydrogen) atoms. The fourth-order valence-corrected chi connectivity index (χ4v) is 2.07. The van der Waals surface area contributed by atoms with Gasteiger partial charge in [-0.25, -0.2) is 4.39 Å². The molecule has 5 heteroatoms. The molecule has 92 valence electrons. The highest BCUT2D eigenvalue weighted by Gasteiger charge is 2.15. The highest BCUT2D eigenvalue weighted by Crippen LogP contribution is 2.27. The Morgan fingerprint density at radius 2 is 1.83 bits per heavy atom. The summed E-state index contributed by atoms with van der Waals surface area (Å²) < 4.78 is 14.8. The van der Waals surface area contributed by atoms with Crippen LogP contribution in [0.15, 0.2) is 42.5 Å². The number of rotatable bonds is 3. The standard InChI is InChI=1S/C13H10FIN2O/c14-11-9(13(16)18)6-7-10(15)12(11)17-8-4-2-1-3-5-8/h1-7,17H,(H2,16,18). The average Bonchev–Trinajstić information content (AvgIpc) is 2.35. The fourth-order valence-electron chi connectivity index (χ4n) is 1.52. The number of carbonyl (C=O) groups excluding carboxylic acids is 1. The van der Waals surface area contributed by atoms with Crippen LogP contribution in [0, 0.1) is 9.39 Å². The number of nitrogens with one attached hydrogen (secondary N) is 1. The number of carbonyl (C=O) groups is 1. The van der Waals surface area contributed by atoms with Crippen molar-refractivity contribution < 1.29 is 9.18 Å². The van der Waals surface area contributed by atoms with Crippen LogP contribution in [0.5, 0.6) is 0 Å². The van der Waals surface area contributed by atoms with Gasteiger partial charge in [-0.15, -0.1) is 0 Å². The van der Waals surface area contributed by atoms with Crippen molar-refractivity contribution in [1.82, 2.24) is 0 Å². The van der Waals surface area contributed by atoms with Gasteiger partial charge in [0, 0.05) is 9.26 Å². The van der Waals surface area contributed by atoms with E-state index >= 15 is 0 Å². The van der Waals surface area contributed by atoms with Crippen LogP contribution in [0.1, 0.15) is 10.4 Å². The quantitative estimate of drug-likeness (QED) is 0.830. The zero-order valence-electron chi connectivity index (χ0n) is 9.28. The molecular weight excluding hydrogens is 346 g/mol.